The Labute approximate surface area is 195 Å². The Bertz CT molecular complexity index is 1050. The summed E-state index contributed by atoms with van der Waals surface area (Å²) in [4.78, 5) is 22.6. The van der Waals surface area contributed by atoms with Crippen molar-refractivity contribution >= 4 is 22.6 Å². The zero-order valence-electron chi connectivity index (χ0n) is 19.6. The number of carbonyl (C=O) groups excluding carboxylic acids is 1. The highest BCUT2D eigenvalue weighted by molar-refractivity contribution is 6.06. The van der Waals surface area contributed by atoms with Crippen LogP contribution in [-0.4, -0.2) is 48.3 Å². The lowest BCUT2D eigenvalue weighted by Gasteiger charge is -2.23. The molecule has 7 nitrogen and oxygen atoms in total. The topological polar surface area (TPSA) is 82.0 Å². The summed E-state index contributed by atoms with van der Waals surface area (Å²) >= 11 is 0. The normalized spacial score (nSPS) is 19.4. The summed E-state index contributed by atoms with van der Waals surface area (Å²) in [6.45, 7) is 8.45. The molecule has 0 bridgehead atoms. The summed E-state index contributed by atoms with van der Waals surface area (Å²) in [5.74, 6) is 0.435. The number of fused-ring (bicyclic) bond motifs is 1. The molecule has 3 unspecified atom stereocenters. The van der Waals surface area contributed by atoms with E-state index in [2.05, 4.69) is 42.1 Å². The summed E-state index contributed by atoms with van der Waals surface area (Å²) < 4.78 is 10.9. The molecule has 1 N–H and O–H groups in total. The van der Waals surface area contributed by atoms with Gasteiger partial charge in [0.2, 0.25) is 0 Å². The number of pyridine rings is 1. The highest BCUT2D eigenvalue weighted by atomic mass is 16.8. The summed E-state index contributed by atoms with van der Waals surface area (Å²) in [6, 6.07) is 8.32. The Hall–Kier alpha value is -2.95. The smallest absolute Gasteiger partial charge is 0.382 e. The van der Waals surface area contributed by atoms with E-state index in [1.165, 1.54) is 7.11 Å². The number of rotatable bonds is 11. The van der Waals surface area contributed by atoms with Crippen molar-refractivity contribution in [3.05, 3.63) is 48.5 Å². The van der Waals surface area contributed by atoms with Crippen molar-refractivity contribution < 1.29 is 19.1 Å². The van der Waals surface area contributed by atoms with Gasteiger partial charge in [-0.3, -0.25) is 4.98 Å². The molecule has 3 atom stereocenters. The van der Waals surface area contributed by atoms with E-state index in [0.29, 0.717) is 23.4 Å². The first kappa shape index (κ1) is 24.7. The number of aromatic nitrogens is 1. The first-order valence-corrected chi connectivity index (χ1v) is 11.3. The molecule has 0 aliphatic carbocycles. The highest BCUT2D eigenvalue weighted by Crippen LogP contribution is 2.30. The van der Waals surface area contributed by atoms with Crippen molar-refractivity contribution in [3.8, 4) is 12.3 Å². The van der Waals surface area contributed by atoms with Crippen LogP contribution in [0.1, 0.15) is 57.1 Å². The van der Waals surface area contributed by atoms with E-state index in [4.69, 9.17) is 20.7 Å². The largest absolute Gasteiger partial charge is 0.461 e. The average Bonchev–Trinajstić information content (AvgIpc) is 3.27. The van der Waals surface area contributed by atoms with Crippen LogP contribution in [0.2, 0.25) is 0 Å². The van der Waals surface area contributed by atoms with Gasteiger partial charge in [0.1, 0.15) is 0 Å². The minimum absolute atomic E-state index is 0.149. The summed E-state index contributed by atoms with van der Waals surface area (Å²) in [7, 11) is 1.42. The standard InChI is InChI=1S/C26H32N3O4/c1-6-9-18(3)28-19(4)10-8-13-32-25(30)26(31-5)16-24(29-33-26)21-11-12-23-22(15-21)14-20(7-2)17-27-23/h2,11-12,14-15,17-19,28H,1,6,8-10,13,16H2,3-5H3. The Morgan fingerprint density at radius 3 is 2.85 bits per heavy atom. The lowest BCUT2D eigenvalue weighted by molar-refractivity contribution is -0.229. The van der Waals surface area contributed by atoms with E-state index >= 15 is 0 Å². The molecule has 0 saturated heterocycles. The van der Waals surface area contributed by atoms with Crippen molar-refractivity contribution in [1.82, 2.24) is 10.3 Å². The molecule has 2 heterocycles. The molecule has 0 spiro atoms. The molecule has 1 radical (unpaired) electrons. The van der Waals surface area contributed by atoms with Crippen molar-refractivity contribution in [2.45, 2.75) is 63.8 Å². The maximum absolute atomic E-state index is 12.8. The van der Waals surface area contributed by atoms with Crippen LogP contribution in [0.15, 0.2) is 35.6 Å². The quantitative estimate of drug-likeness (QED) is 0.317. The zero-order chi connectivity index (χ0) is 23.8. The number of carbonyl (C=O) groups is 1. The van der Waals surface area contributed by atoms with E-state index < -0.39 is 11.8 Å². The fourth-order valence-electron chi connectivity index (χ4n) is 3.88. The molecular weight excluding hydrogens is 418 g/mol. The summed E-state index contributed by atoms with van der Waals surface area (Å²) in [5, 5.41) is 8.53. The third-order valence-corrected chi connectivity index (χ3v) is 5.75. The third-order valence-electron chi connectivity index (χ3n) is 5.75. The van der Waals surface area contributed by atoms with Gasteiger partial charge in [0.05, 0.1) is 24.3 Å². The molecule has 0 fully saturated rings. The van der Waals surface area contributed by atoms with Crippen molar-refractivity contribution in [3.63, 3.8) is 0 Å². The van der Waals surface area contributed by atoms with Crippen LogP contribution in [0.25, 0.3) is 10.9 Å². The number of benzene rings is 1. The van der Waals surface area contributed by atoms with Crippen molar-refractivity contribution in [2.75, 3.05) is 13.7 Å². The molecule has 175 valence electrons. The van der Waals surface area contributed by atoms with Gasteiger partial charge in [0.25, 0.3) is 0 Å². The van der Waals surface area contributed by atoms with Gasteiger partial charge in [0, 0.05) is 41.9 Å². The highest BCUT2D eigenvalue weighted by Gasteiger charge is 2.49. The molecule has 0 amide bonds. The van der Waals surface area contributed by atoms with E-state index in [1.807, 2.05) is 24.3 Å². The fourth-order valence-corrected chi connectivity index (χ4v) is 3.88. The van der Waals surface area contributed by atoms with Crippen LogP contribution in [0.3, 0.4) is 0 Å². The maximum Gasteiger partial charge on any atom is 0.382 e. The maximum atomic E-state index is 12.8. The summed E-state index contributed by atoms with van der Waals surface area (Å²) in [6.07, 6.45) is 10.9. The molecule has 2 aromatic rings. The number of hydrogen-bond acceptors (Lipinski definition) is 7. The van der Waals surface area contributed by atoms with E-state index in [1.54, 1.807) is 6.20 Å². The van der Waals surface area contributed by atoms with Crippen LogP contribution in [-0.2, 0) is 19.1 Å². The predicted molar refractivity (Wildman–Crippen MR) is 129 cm³/mol. The number of nitrogens with one attached hydrogen (secondary N) is 1. The first-order valence-electron chi connectivity index (χ1n) is 11.3. The van der Waals surface area contributed by atoms with Gasteiger partial charge in [-0.2, -0.15) is 0 Å². The Balaban J connectivity index is 1.56. The molecular formula is C26H32N3O4. The summed E-state index contributed by atoms with van der Waals surface area (Å²) in [5.41, 5.74) is 2.92. The number of oxime groups is 1. The SMILES string of the molecule is C#Cc1cnc2ccc(C3=NOC(OC)(C(=O)OCCCC(C)NC(C)CC[CH2])C3)cc2c1. The molecule has 1 aliphatic heterocycles. The molecule has 1 aliphatic rings. The molecule has 1 aromatic heterocycles. The van der Waals surface area contributed by atoms with E-state index in [0.717, 1.165) is 42.1 Å². The monoisotopic (exact) mass is 450 g/mol. The molecule has 0 saturated carbocycles. The van der Waals surface area contributed by atoms with Gasteiger partial charge in [-0.25, -0.2) is 4.79 Å². The number of nitrogens with zero attached hydrogens (tertiary/aromatic N) is 2. The van der Waals surface area contributed by atoms with Gasteiger partial charge in [0.15, 0.2) is 0 Å². The second-order valence-corrected chi connectivity index (χ2v) is 8.43. The number of hydrogen-bond donors (Lipinski definition) is 1. The number of methoxy groups -OCH3 is 1. The van der Waals surface area contributed by atoms with Gasteiger partial charge in [-0.1, -0.05) is 30.5 Å². The third kappa shape index (κ3) is 6.10. The number of ether oxygens (including phenoxy) is 2. The molecule has 1 aromatic carbocycles. The van der Waals surface area contributed by atoms with Crippen LogP contribution in [0.4, 0.5) is 0 Å². The van der Waals surface area contributed by atoms with Crippen LogP contribution in [0.5, 0.6) is 0 Å². The van der Waals surface area contributed by atoms with Crippen molar-refractivity contribution in [2.24, 2.45) is 5.16 Å². The molecule has 7 heteroatoms. The molecule has 33 heavy (non-hydrogen) atoms. The molecule has 3 rings (SSSR count). The Morgan fingerprint density at radius 2 is 2.12 bits per heavy atom. The average molecular weight is 451 g/mol. The van der Waals surface area contributed by atoms with Crippen LogP contribution < -0.4 is 5.32 Å². The Morgan fingerprint density at radius 1 is 1.33 bits per heavy atom. The lowest BCUT2D eigenvalue weighted by atomic mass is 10.0. The second-order valence-electron chi connectivity index (χ2n) is 8.43. The minimum atomic E-state index is -1.57. The van der Waals surface area contributed by atoms with E-state index in [-0.39, 0.29) is 13.0 Å². The van der Waals surface area contributed by atoms with Gasteiger partial charge in [-0.05, 0) is 51.3 Å². The fraction of sp³-hybridized carbons (Fsp3) is 0.462. The van der Waals surface area contributed by atoms with Crippen LogP contribution >= 0.6 is 0 Å². The number of terminal acetylenes is 1. The van der Waals surface area contributed by atoms with Crippen LogP contribution in [0, 0.1) is 19.3 Å². The van der Waals surface area contributed by atoms with Crippen molar-refractivity contribution in [1.29, 1.82) is 0 Å². The lowest BCUT2D eigenvalue weighted by Crippen LogP contribution is -2.42. The first-order chi connectivity index (χ1) is 15.9. The van der Waals surface area contributed by atoms with Gasteiger partial charge >= 0.3 is 11.8 Å². The minimum Gasteiger partial charge on any atom is -0.461 e. The second kappa shape index (κ2) is 11.3. The van der Waals surface area contributed by atoms with Gasteiger partial charge in [-0.15, -0.1) is 6.42 Å². The van der Waals surface area contributed by atoms with Gasteiger partial charge < -0.3 is 19.6 Å². The zero-order valence-corrected chi connectivity index (χ0v) is 19.6. The Kier molecular flexibility index (Phi) is 8.43. The predicted octanol–water partition coefficient (Wildman–Crippen LogP) is 3.99. The number of esters is 1. The van der Waals surface area contributed by atoms with E-state index in [9.17, 15) is 4.79 Å².